The Labute approximate surface area is 88.1 Å². The first kappa shape index (κ1) is 9.71. The van der Waals surface area contributed by atoms with Gasteiger partial charge in [-0.1, -0.05) is 0 Å². The largest absolute Gasteiger partial charge is 0.478 e. The fraction of sp³-hybridized carbons (Fsp3) is 0.273. The van der Waals surface area contributed by atoms with Crippen LogP contribution < -0.4 is 10.5 Å². The Balaban J connectivity index is 2.76. The highest BCUT2D eigenvalue weighted by atomic mass is 16.5. The SMILES string of the molecule is COc1nc2cc(C)c(C)cc2nc1N. The van der Waals surface area contributed by atoms with Gasteiger partial charge in [-0.25, -0.2) is 9.97 Å². The second-order valence-electron chi connectivity index (χ2n) is 3.54. The van der Waals surface area contributed by atoms with E-state index in [-0.39, 0.29) is 0 Å². The Morgan fingerprint density at radius 3 is 2.13 bits per heavy atom. The van der Waals surface area contributed by atoms with Crippen LogP contribution in [-0.2, 0) is 0 Å². The molecule has 1 aromatic carbocycles. The lowest BCUT2D eigenvalue weighted by Crippen LogP contribution is -1.99. The van der Waals surface area contributed by atoms with E-state index in [2.05, 4.69) is 9.97 Å². The van der Waals surface area contributed by atoms with Gasteiger partial charge in [0.15, 0.2) is 5.82 Å². The van der Waals surface area contributed by atoms with E-state index in [9.17, 15) is 0 Å². The Morgan fingerprint density at radius 2 is 1.60 bits per heavy atom. The number of fused-ring (bicyclic) bond motifs is 1. The van der Waals surface area contributed by atoms with Crippen LogP contribution in [-0.4, -0.2) is 17.1 Å². The summed E-state index contributed by atoms with van der Waals surface area (Å²) in [4.78, 5) is 8.52. The summed E-state index contributed by atoms with van der Waals surface area (Å²) in [6.45, 7) is 4.08. The predicted molar refractivity (Wildman–Crippen MR) is 60.0 cm³/mol. The highest BCUT2D eigenvalue weighted by molar-refractivity contribution is 5.78. The maximum Gasteiger partial charge on any atom is 0.257 e. The second-order valence-corrected chi connectivity index (χ2v) is 3.54. The number of nitrogen functional groups attached to an aromatic ring is 1. The van der Waals surface area contributed by atoms with E-state index in [1.807, 2.05) is 26.0 Å². The minimum atomic E-state index is 0.327. The molecule has 0 saturated heterocycles. The van der Waals surface area contributed by atoms with Gasteiger partial charge in [0, 0.05) is 0 Å². The van der Waals surface area contributed by atoms with E-state index in [1.54, 1.807) is 0 Å². The number of benzene rings is 1. The van der Waals surface area contributed by atoms with Crippen LogP contribution >= 0.6 is 0 Å². The molecule has 2 rings (SSSR count). The third kappa shape index (κ3) is 1.58. The molecule has 0 amide bonds. The van der Waals surface area contributed by atoms with Crippen LogP contribution in [0.2, 0.25) is 0 Å². The molecule has 4 heteroatoms. The Hall–Kier alpha value is -1.84. The van der Waals surface area contributed by atoms with Crippen molar-refractivity contribution < 1.29 is 4.74 Å². The molecule has 0 radical (unpaired) electrons. The maximum atomic E-state index is 5.69. The van der Waals surface area contributed by atoms with Gasteiger partial charge in [-0.2, -0.15) is 0 Å². The normalized spacial score (nSPS) is 10.6. The highest BCUT2D eigenvalue weighted by Crippen LogP contribution is 2.22. The highest BCUT2D eigenvalue weighted by Gasteiger charge is 2.06. The van der Waals surface area contributed by atoms with E-state index in [4.69, 9.17) is 10.5 Å². The molecule has 0 aliphatic heterocycles. The summed E-state index contributed by atoms with van der Waals surface area (Å²) in [6, 6.07) is 3.97. The minimum absolute atomic E-state index is 0.327. The lowest BCUT2D eigenvalue weighted by molar-refractivity contribution is 0.400. The lowest BCUT2D eigenvalue weighted by atomic mass is 10.1. The maximum absolute atomic E-state index is 5.69. The van der Waals surface area contributed by atoms with Crippen LogP contribution in [0.4, 0.5) is 5.82 Å². The molecular formula is C11H13N3O. The minimum Gasteiger partial charge on any atom is -0.478 e. The predicted octanol–water partition coefficient (Wildman–Crippen LogP) is 1.84. The number of hydrogen-bond acceptors (Lipinski definition) is 4. The van der Waals surface area contributed by atoms with E-state index >= 15 is 0 Å². The summed E-state index contributed by atoms with van der Waals surface area (Å²) in [5, 5.41) is 0. The number of ether oxygens (including phenoxy) is 1. The average molecular weight is 203 g/mol. The lowest BCUT2D eigenvalue weighted by Gasteiger charge is -2.06. The van der Waals surface area contributed by atoms with Crippen LogP contribution in [0.15, 0.2) is 12.1 Å². The molecule has 0 spiro atoms. The van der Waals surface area contributed by atoms with Crippen molar-refractivity contribution in [1.29, 1.82) is 0 Å². The van der Waals surface area contributed by atoms with Crippen LogP contribution in [0.1, 0.15) is 11.1 Å². The number of methoxy groups -OCH3 is 1. The molecule has 0 fully saturated rings. The summed E-state index contributed by atoms with van der Waals surface area (Å²) in [7, 11) is 1.53. The van der Waals surface area contributed by atoms with Gasteiger partial charge in [0.05, 0.1) is 18.1 Å². The van der Waals surface area contributed by atoms with E-state index in [0.717, 1.165) is 11.0 Å². The molecule has 0 aliphatic carbocycles. The van der Waals surface area contributed by atoms with Gasteiger partial charge < -0.3 is 10.5 Å². The number of aromatic nitrogens is 2. The molecule has 0 aliphatic rings. The van der Waals surface area contributed by atoms with Crippen LogP contribution in [0.3, 0.4) is 0 Å². The summed E-state index contributed by atoms with van der Waals surface area (Å²) in [5.41, 5.74) is 9.66. The van der Waals surface area contributed by atoms with Gasteiger partial charge in [0.25, 0.3) is 5.88 Å². The Morgan fingerprint density at radius 1 is 1.07 bits per heavy atom. The molecule has 0 saturated carbocycles. The van der Waals surface area contributed by atoms with Crippen molar-refractivity contribution in [2.24, 2.45) is 0 Å². The van der Waals surface area contributed by atoms with Gasteiger partial charge in [-0.3, -0.25) is 0 Å². The topological polar surface area (TPSA) is 61.0 Å². The Kier molecular flexibility index (Phi) is 2.19. The van der Waals surface area contributed by atoms with Gasteiger partial charge in [-0.05, 0) is 37.1 Å². The van der Waals surface area contributed by atoms with Crippen LogP contribution in [0.25, 0.3) is 11.0 Å². The number of rotatable bonds is 1. The number of hydrogen-bond donors (Lipinski definition) is 1. The van der Waals surface area contributed by atoms with Crippen LogP contribution in [0.5, 0.6) is 5.88 Å². The summed E-state index contributed by atoms with van der Waals surface area (Å²) in [5.74, 6) is 0.707. The number of nitrogens with two attached hydrogens (primary N) is 1. The first-order valence-corrected chi connectivity index (χ1v) is 4.70. The fourth-order valence-corrected chi connectivity index (χ4v) is 1.46. The van der Waals surface area contributed by atoms with E-state index in [1.165, 1.54) is 18.2 Å². The molecular weight excluding hydrogens is 190 g/mol. The average Bonchev–Trinajstić information content (AvgIpc) is 2.20. The summed E-state index contributed by atoms with van der Waals surface area (Å²) >= 11 is 0. The zero-order valence-corrected chi connectivity index (χ0v) is 9.03. The smallest absolute Gasteiger partial charge is 0.257 e. The van der Waals surface area contributed by atoms with E-state index in [0.29, 0.717) is 11.7 Å². The number of nitrogens with zero attached hydrogens (tertiary/aromatic N) is 2. The molecule has 0 bridgehead atoms. The number of aryl methyl sites for hydroxylation is 2. The van der Waals surface area contributed by atoms with Crippen molar-refractivity contribution >= 4 is 16.9 Å². The number of anilines is 1. The molecule has 1 aromatic heterocycles. The Bertz CT molecular complexity index is 523. The molecule has 0 atom stereocenters. The third-order valence-corrected chi connectivity index (χ3v) is 2.47. The monoisotopic (exact) mass is 203 g/mol. The first-order chi connectivity index (χ1) is 7.11. The van der Waals surface area contributed by atoms with Gasteiger partial charge in [-0.15, -0.1) is 0 Å². The van der Waals surface area contributed by atoms with Crippen molar-refractivity contribution in [2.75, 3.05) is 12.8 Å². The standard InChI is InChI=1S/C11H13N3O/c1-6-4-8-9(5-7(6)2)14-11(15-3)10(12)13-8/h4-5H,1-3H3,(H2,12,13). The molecule has 78 valence electrons. The zero-order chi connectivity index (χ0) is 11.0. The van der Waals surface area contributed by atoms with Crippen molar-refractivity contribution in [3.8, 4) is 5.88 Å². The van der Waals surface area contributed by atoms with Crippen molar-refractivity contribution in [2.45, 2.75) is 13.8 Å². The van der Waals surface area contributed by atoms with Gasteiger partial charge >= 0.3 is 0 Å². The van der Waals surface area contributed by atoms with Gasteiger partial charge in [0.2, 0.25) is 0 Å². The fourth-order valence-electron chi connectivity index (χ4n) is 1.46. The zero-order valence-electron chi connectivity index (χ0n) is 9.03. The second kappa shape index (κ2) is 3.38. The van der Waals surface area contributed by atoms with Crippen molar-refractivity contribution in [3.63, 3.8) is 0 Å². The molecule has 0 unspecified atom stereocenters. The molecule has 2 N–H and O–H groups in total. The summed E-state index contributed by atoms with van der Waals surface area (Å²) < 4.78 is 5.02. The first-order valence-electron chi connectivity index (χ1n) is 4.70. The van der Waals surface area contributed by atoms with Gasteiger partial charge in [0.1, 0.15) is 0 Å². The van der Waals surface area contributed by atoms with Crippen molar-refractivity contribution in [1.82, 2.24) is 9.97 Å². The molecule has 1 heterocycles. The molecule has 4 nitrogen and oxygen atoms in total. The van der Waals surface area contributed by atoms with E-state index < -0.39 is 0 Å². The molecule has 2 aromatic rings. The van der Waals surface area contributed by atoms with Crippen LogP contribution in [0, 0.1) is 13.8 Å². The van der Waals surface area contributed by atoms with Crippen molar-refractivity contribution in [3.05, 3.63) is 23.3 Å². The quantitative estimate of drug-likeness (QED) is 0.768. The third-order valence-electron chi connectivity index (χ3n) is 2.47. The summed E-state index contributed by atoms with van der Waals surface area (Å²) in [6.07, 6.45) is 0. The molecule has 15 heavy (non-hydrogen) atoms.